The van der Waals surface area contributed by atoms with Gasteiger partial charge < -0.3 is 10.1 Å². The number of hydrogen-bond donors (Lipinski definition) is 1. The van der Waals surface area contributed by atoms with E-state index >= 15 is 0 Å². The molecule has 0 fully saturated rings. The van der Waals surface area contributed by atoms with Crippen LogP contribution in [0.15, 0.2) is 42.5 Å². The van der Waals surface area contributed by atoms with E-state index in [9.17, 15) is 4.39 Å². The number of aryl methyl sites for hydroxylation is 1. The molecule has 0 aliphatic carbocycles. The third kappa shape index (κ3) is 2.28. The Kier molecular flexibility index (Phi) is 2.90. The number of hydrogen-bond acceptors (Lipinski definition) is 2. The van der Waals surface area contributed by atoms with Gasteiger partial charge in [-0.1, -0.05) is 29.8 Å². The van der Waals surface area contributed by atoms with Crippen molar-refractivity contribution >= 4 is 5.69 Å². The predicted octanol–water partition coefficient (Wildman–Crippen LogP) is 4.07. The second kappa shape index (κ2) is 4.57. The van der Waals surface area contributed by atoms with Crippen LogP contribution in [-0.4, -0.2) is 6.04 Å². The van der Waals surface area contributed by atoms with Gasteiger partial charge in [0.05, 0.1) is 11.7 Å². The van der Waals surface area contributed by atoms with Gasteiger partial charge in [0.25, 0.3) is 0 Å². The van der Waals surface area contributed by atoms with E-state index in [1.807, 2.05) is 0 Å². The summed E-state index contributed by atoms with van der Waals surface area (Å²) in [4.78, 5) is 0. The summed E-state index contributed by atoms with van der Waals surface area (Å²) in [5.41, 5.74) is 3.16. The van der Waals surface area contributed by atoms with Gasteiger partial charge in [0.15, 0.2) is 0 Å². The predicted molar refractivity (Wildman–Crippen MR) is 74.0 cm³/mol. The quantitative estimate of drug-likeness (QED) is 0.831. The molecule has 2 aromatic rings. The topological polar surface area (TPSA) is 21.3 Å². The Balaban J connectivity index is 1.94. The monoisotopic (exact) mass is 257 g/mol. The smallest absolute Gasteiger partial charge is 0.146 e. The normalized spacial score (nSPS) is 21.2. The maximum atomic E-state index is 13.3. The fourth-order valence-corrected chi connectivity index (χ4v) is 2.39. The molecule has 1 N–H and O–H groups in total. The van der Waals surface area contributed by atoms with Gasteiger partial charge in [0.2, 0.25) is 0 Å². The zero-order valence-corrected chi connectivity index (χ0v) is 11.0. The molecule has 1 aliphatic heterocycles. The van der Waals surface area contributed by atoms with Crippen molar-refractivity contribution in [1.82, 2.24) is 0 Å². The summed E-state index contributed by atoms with van der Waals surface area (Å²) in [7, 11) is 0. The van der Waals surface area contributed by atoms with Crippen molar-refractivity contribution in [2.45, 2.75) is 26.0 Å². The Labute approximate surface area is 112 Å². The van der Waals surface area contributed by atoms with E-state index in [4.69, 9.17) is 4.74 Å². The second-order valence-electron chi connectivity index (χ2n) is 5.02. The third-order valence-electron chi connectivity index (χ3n) is 3.44. The van der Waals surface area contributed by atoms with Crippen molar-refractivity contribution in [2.24, 2.45) is 0 Å². The zero-order valence-electron chi connectivity index (χ0n) is 11.0. The average Bonchev–Trinajstić information content (AvgIpc) is 2.40. The number of ether oxygens (including phenoxy) is 1. The molecule has 1 heterocycles. The van der Waals surface area contributed by atoms with Gasteiger partial charge in [0.1, 0.15) is 17.7 Å². The van der Waals surface area contributed by atoms with E-state index in [0.717, 1.165) is 11.3 Å². The molecule has 3 heteroatoms. The molecular formula is C16H16FNO. The van der Waals surface area contributed by atoms with Gasteiger partial charge in [-0.15, -0.1) is 0 Å². The fourth-order valence-electron chi connectivity index (χ4n) is 2.39. The molecule has 0 spiro atoms. The molecule has 0 saturated heterocycles. The molecule has 0 radical (unpaired) electrons. The van der Waals surface area contributed by atoms with Gasteiger partial charge in [-0.05, 0) is 31.5 Å². The van der Waals surface area contributed by atoms with Crippen LogP contribution in [0, 0.1) is 12.7 Å². The van der Waals surface area contributed by atoms with Crippen molar-refractivity contribution in [3.05, 3.63) is 59.4 Å². The SMILES string of the molecule is Cc1ccc(C2Oc3cc(F)ccc3NC2C)cc1. The van der Waals surface area contributed by atoms with Crippen LogP contribution in [0.25, 0.3) is 0 Å². The Bertz CT molecular complexity index is 594. The molecule has 0 aromatic heterocycles. The van der Waals surface area contributed by atoms with Crippen molar-refractivity contribution in [2.75, 3.05) is 5.32 Å². The van der Waals surface area contributed by atoms with Crippen molar-refractivity contribution < 1.29 is 9.13 Å². The average molecular weight is 257 g/mol. The van der Waals surface area contributed by atoms with Crippen LogP contribution in [0.2, 0.25) is 0 Å². The van der Waals surface area contributed by atoms with E-state index in [-0.39, 0.29) is 18.0 Å². The second-order valence-corrected chi connectivity index (χ2v) is 5.02. The first-order valence-corrected chi connectivity index (χ1v) is 6.43. The molecule has 0 amide bonds. The highest BCUT2D eigenvalue weighted by Gasteiger charge is 2.27. The lowest BCUT2D eigenvalue weighted by Crippen LogP contribution is -2.32. The number of halogens is 1. The molecule has 0 saturated carbocycles. The van der Waals surface area contributed by atoms with E-state index < -0.39 is 0 Å². The molecule has 1 aliphatic rings. The lowest BCUT2D eigenvalue weighted by molar-refractivity contribution is 0.177. The molecule has 98 valence electrons. The minimum Gasteiger partial charge on any atom is -0.481 e. The van der Waals surface area contributed by atoms with Crippen molar-refractivity contribution in [3.63, 3.8) is 0 Å². The zero-order chi connectivity index (χ0) is 13.4. The highest BCUT2D eigenvalue weighted by molar-refractivity contribution is 5.59. The molecule has 2 nitrogen and oxygen atoms in total. The van der Waals surface area contributed by atoms with Crippen LogP contribution in [0.5, 0.6) is 5.75 Å². The van der Waals surface area contributed by atoms with E-state index in [0.29, 0.717) is 5.75 Å². The van der Waals surface area contributed by atoms with Crippen molar-refractivity contribution in [3.8, 4) is 5.75 Å². The maximum absolute atomic E-state index is 13.3. The number of anilines is 1. The van der Waals surface area contributed by atoms with Crippen LogP contribution in [0.4, 0.5) is 10.1 Å². The van der Waals surface area contributed by atoms with E-state index in [2.05, 4.69) is 43.4 Å². The Hall–Kier alpha value is -2.03. The number of nitrogens with one attached hydrogen (secondary N) is 1. The van der Waals surface area contributed by atoms with Crippen LogP contribution in [-0.2, 0) is 0 Å². The van der Waals surface area contributed by atoms with Gasteiger partial charge in [-0.25, -0.2) is 4.39 Å². The van der Waals surface area contributed by atoms with Gasteiger partial charge in [-0.2, -0.15) is 0 Å². The largest absolute Gasteiger partial charge is 0.481 e. The Morgan fingerprint density at radius 3 is 2.58 bits per heavy atom. The van der Waals surface area contributed by atoms with Crippen LogP contribution in [0.1, 0.15) is 24.2 Å². The highest BCUT2D eigenvalue weighted by Crippen LogP contribution is 2.37. The standard InChI is InChI=1S/C16H16FNO/c1-10-3-5-12(6-4-10)16-11(2)18-14-8-7-13(17)9-15(14)19-16/h3-9,11,16,18H,1-2H3. The third-order valence-corrected chi connectivity index (χ3v) is 3.44. The van der Waals surface area contributed by atoms with Crippen LogP contribution in [0.3, 0.4) is 0 Å². The summed E-state index contributed by atoms with van der Waals surface area (Å²) in [5, 5.41) is 3.36. The molecule has 2 atom stereocenters. The summed E-state index contributed by atoms with van der Waals surface area (Å²) in [6.07, 6.45) is -0.102. The maximum Gasteiger partial charge on any atom is 0.146 e. The molecule has 3 rings (SSSR count). The van der Waals surface area contributed by atoms with Gasteiger partial charge in [-0.3, -0.25) is 0 Å². The molecule has 19 heavy (non-hydrogen) atoms. The Morgan fingerprint density at radius 1 is 1.11 bits per heavy atom. The summed E-state index contributed by atoms with van der Waals surface area (Å²) in [6, 6.07) is 13.0. The molecule has 0 bridgehead atoms. The molecular weight excluding hydrogens is 241 g/mol. The highest BCUT2D eigenvalue weighted by atomic mass is 19.1. The first-order valence-electron chi connectivity index (χ1n) is 6.43. The lowest BCUT2D eigenvalue weighted by Gasteiger charge is -2.33. The summed E-state index contributed by atoms with van der Waals surface area (Å²) in [6.45, 7) is 4.12. The van der Waals surface area contributed by atoms with Gasteiger partial charge >= 0.3 is 0 Å². The summed E-state index contributed by atoms with van der Waals surface area (Å²) < 4.78 is 19.2. The minimum absolute atomic E-state index is 0.102. The van der Waals surface area contributed by atoms with E-state index in [1.165, 1.54) is 17.7 Å². The minimum atomic E-state index is -0.280. The first-order chi connectivity index (χ1) is 9.13. The van der Waals surface area contributed by atoms with Crippen molar-refractivity contribution in [1.29, 1.82) is 0 Å². The fraction of sp³-hybridized carbons (Fsp3) is 0.250. The number of benzene rings is 2. The first kappa shape index (κ1) is 12.0. The number of rotatable bonds is 1. The summed E-state index contributed by atoms with van der Waals surface area (Å²) >= 11 is 0. The van der Waals surface area contributed by atoms with E-state index in [1.54, 1.807) is 6.07 Å². The summed E-state index contributed by atoms with van der Waals surface area (Å²) in [5.74, 6) is 0.293. The van der Waals surface area contributed by atoms with Crippen LogP contribution >= 0.6 is 0 Å². The molecule has 2 unspecified atom stereocenters. The lowest BCUT2D eigenvalue weighted by atomic mass is 10.00. The van der Waals surface area contributed by atoms with Gasteiger partial charge in [0, 0.05) is 6.07 Å². The number of fused-ring (bicyclic) bond motifs is 1. The van der Waals surface area contributed by atoms with Crippen LogP contribution < -0.4 is 10.1 Å². The Morgan fingerprint density at radius 2 is 1.84 bits per heavy atom. The molecule has 2 aromatic carbocycles.